The highest BCUT2D eigenvalue weighted by Crippen LogP contribution is 2.52. The van der Waals surface area contributed by atoms with Crippen LogP contribution in [0.15, 0.2) is 120 Å². The Balaban J connectivity index is 1.51. The molecule has 0 saturated heterocycles. The van der Waals surface area contributed by atoms with E-state index in [1.807, 2.05) is 12.3 Å². The van der Waals surface area contributed by atoms with Gasteiger partial charge in [0, 0.05) is 28.4 Å². The molecule has 162 valence electrons. The number of fused-ring (bicyclic) bond motifs is 5. The summed E-state index contributed by atoms with van der Waals surface area (Å²) >= 11 is 0. The smallest absolute Gasteiger partial charge is 0.135 e. The zero-order valence-electron chi connectivity index (χ0n) is 18.5. The van der Waals surface area contributed by atoms with Crippen molar-refractivity contribution in [3.63, 3.8) is 0 Å². The SMILES string of the molecule is C1=CC2C(N=C1)c1c(n(-c3ccccc3)c3ccccc13)N2c1cccc(-c2ccccc2)n1. The van der Waals surface area contributed by atoms with Gasteiger partial charge in [0.1, 0.15) is 17.7 Å². The maximum atomic E-state index is 5.15. The van der Waals surface area contributed by atoms with Crippen LogP contribution < -0.4 is 4.90 Å². The molecule has 4 heterocycles. The molecule has 4 heteroatoms. The number of aliphatic imine (C=N–C) groups is 1. The minimum absolute atomic E-state index is 0.0250. The molecule has 0 aliphatic carbocycles. The Morgan fingerprint density at radius 3 is 2.32 bits per heavy atom. The fourth-order valence-electron chi connectivity index (χ4n) is 5.32. The van der Waals surface area contributed by atoms with Crippen LogP contribution in [-0.4, -0.2) is 21.8 Å². The molecule has 0 N–H and O–H groups in total. The molecule has 3 aromatic carbocycles. The van der Waals surface area contributed by atoms with E-state index >= 15 is 0 Å². The first-order valence-electron chi connectivity index (χ1n) is 11.6. The zero-order valence-corrected chi connectivity index (χ0v) is 18.5. The average Bonchev–Trinajstić information content (AvgIpc) is 3.42. The third-order valence-corrected chi connectivity index (χ3v) is 6.74. The molecule has 2 unspecified atom stereocenters. The number of dihydropyridines is 1. The van der Waals surface area contributed by atoms with Crippen molar-refractivity contribution in [2.75, 3.05) is 4.90 Å². The summed E-state index contributed by atoms with van der Waals surface area (Å²) in [6.07, 6.45) is 6.23. The van der Waals surface area contributed by atoms with E-state index in [4.69, 9.17) is 9.98 Å². The Kier molecular flexibility index (Phi) is 4.24. The van der Waals surface area contributed by atoms with Crippen molar-refractivity contribution in [3.05, 3.63) is 121 Å². The largest absolute Gasteiger partial charge is 0.302 e. The molecule has 2 aromatic heterocycles. The Hall–Kier alpha value is -4.44. The summed E-state index contributed by atoms with van der Waals surface area (Å²) in [6, 6.07) is 36.0. The number of nitrogens with zero attached hydrogens (tertiary/aromatic N) is 4. The number of pyridine rings is 1. The minimum Gasteiger partial charge on any atom is -0.302 e. The summed E-state index contributed by atoms with van der Waals surface area (Å²) < 4.78 is 2.36. The third kappa shape index (κ3) is 2.78. The number of allylic oxidation sites excluding steroid dienone is 1. The first-order chi connectivity index (χ1) is 16.9. The van der Waals surface area contributed by atoms with E-state index in [0.29, 0.717) is 0 Å². The molecule has 0 spiro atoms. The fourth-order valence-corrected chi connectivity index (χ4v) is 5.32. The number of aromatic nitrogens is 2. The van der Waals surface area contributed by atoms with Crippen molar-refractivity contribution in [2.45, 2.75) is 12.1 Å². The average molecular weight is 439 g/mol. The molecule has 0 saturated carbocycles. The second-order valence-corrected chi connectivity index (χ2v) is 8.66. The normalized spacial score (nSPS) is 18.3. The molecule has 7 rings (SSSR count). The van der Waals surface area contributed by atoms with Crippen LogP contribution in [0.3, 0.4) is 0 Å². The van der Waals surface area contributed by atoms with Crippen LogP contribution in [0.4, 0.5) is 11.6 Å². The number of hydrogen-bond acceptors (Lipinski definition) is 3. The zero-order chi connectivity index (χ0) is 22.5. The van der Waals surface area contributed by atoms with Gasteiger partial charge in [-0.15, -0.1) is 0 Å². The summed E-state index contributed by atoms with van der Waals surface area (Å²) in [5.74, 6) is 2.07. The van der Waals surface area contributed by atoms with Crippen molar-refractivity contribution in [1.82, 2.24) is 9.55 Å². The first-order valence-corrected chi connectivity index (χ1v) is 11.6. The number of para-hydroxylation sites is 2. The van der Waals surface area contributed by atoms with Gasteiger partial charge < -0.3 is 4.90 Å². The summed E-state index contributed by atoms with van der Waals surface area (Å²) in [7, 11) is 0. The maximum absolute atomic E-state index is 5.15. The van der Waals surface area contributed by atoms with Crippen molar-refractivity contribution in [2.24, 2.45) is 4.99 Å². The summed E-state index contributed by atoms with van der Waals surface area (Å²) in [5.41, 5.74) is 5.66. The van der Waals surface area contributed by atoms with E-state index in [1.54, 1.807) is 0 Å². The molecule has 0 radical (unpaired) electrons. The number of rotatable bonds is 3. The van der Waals surface area contributed by atoms with Crippen LogP contribution in [0.5, 0.6) is 0 Å². The highest BCUT2D eigenvalue weighted by atomic mass is 15.3. The van der Waals surface area contributed by atoms with E-state index in [0.717, 1.165) is 28.6 Å². The monoisotopic (exact) mass is 438 g/mol. The van der Waals surface area contributed by atoms with E-state index in [2.05, 4.69) is 119 Å². The van der Waals surface area contributed by atoms with E-state index < -0.39 is 0 Å². The Morgan fingerprint density at radius 2 is 1.47 bits per heavy atom. The molecular weight excluding hydrogens is 416 g/mol. The van der Waals surface area contributed by atoms with Crippen LogP contribution in [0.1, 0.15) is 11.6 Å². The quantitative estimate of drug-likeness (QED) is 0.307. The second-order valence-electron chi connectivity index (χ2n) is 8.66. The highest BCUT2D eigenvalue weighted by molar-refractivity contribution is 5.97. The van der Waals surface area contributed by atoms with E-state index in [-0.39, 0.29) is 12.1 Å². The van der Waals surface area contributed by atoms with Gasteiger partial charge in [0.2, 0.25) is 0 Å². The van der Waals surface area contributed by atoms with E-state index in [9.17, 15) is 0 Å². The molecule has 0 fully saturated rings. The van der Waals surface area contributed by atoms with Crippen molar-refractivity contribution < 1.29 is 0 Å². The van der Waals surface area contributed by atoms with Gasteiger partial charge in [-0.3, -0.25) is 9.56 Å². The molecule has 2 atom stereocenters. The predicted molar refractivity (Wildman–Crippen MR) is 139 cm³/mol. The van der Waals surface area contributed by atoms with Crippen molar-refractivity contribution in [1.29, 1.82) is 0 Å². The maximum Gasteiger partial charge on any atom is 0.135 e. The second kappa shape index (κ2) is 7.56. The minimum atomic E-state index is 0.0250. The standard InChI is InChI=1S/C30H22N4/c1-3-11-21(12-4-1)24-16-9-19-27(32-24)34-26-18-10-20-31-29(26)28-23-15-7-8-17-25(23)33(30(28)34)22-13-5-2-6-14-22/h1-20,26,29H. The van der Waals surface area contributed by atoms with Crippen molar-refractivity contribution in [3.8, 4) is 16.9 Å². The Morgan fingerprint density at radius 1 is 0.706 bits per heavy atom. The fraction of sp³-hybridized carbons (Fsp3) is 0.0667. The summed E-state index contributed by atoms with van der Waals surface area (Å²) in [4.78, 5) is 12.5. The molecule has 0 amide bonds. The van der Waals surface area contributed by atoms with Gasteiger partial charge in [0.05, 0.1) is 17.3 Å². The van der Waals surface area contributed by atoms with Crippen LogP contribution >= 0.6 is 0 Å². The molecule has 5 aromatic rings. The lowest BCUT2D eigenvalue weighted by Crippen LogP contribution is -2.31. The number of anilines is 2. The van der Waals surface area contributed by atoms with Gasteiger partial charge in [-0.2, -0.15) is 0 Å². The topological polar surface area (TPSA) is 33.4 Å². The van der Waals surface area contributed by atoms with Gasteiger partial charge in [0.15, 0.2) is 0 Å². The summed E-state index contributed by atoms with van der Waals surface area (Å²) in [5, 5.41) is 1.24. The van der Waals surface area contributed by atoms with Gasteiger partial charge in [-0.25, -0.2) is 4.98 Å². The first kappa shape index (κ1) is 19.1. The lowest BCUT2D eigenvalue weighted by atomic mass is 10.0. The Labute approximate surface area is 198 Å². The van der Waals surface area contributed by atoms with Gasteiger partial charge in [-0.05, 0) is 36.4 Å². The predicted octanol–water partition coefficient (Wildman–Crippen LogP) is 6.89. The van der Waals surface area contributed by atoms with Gasteiger partial charge in [0.25, 0.3) is 0 Å². The van der Waals surface area contributed by atoms with Crippen molar-refractivity contribution >= 4 is 28.8 Å². The lowest BCUT2D eigenvalue weighted by molar-refractivity contribution is 0.663. The lowest BCUT2D eigenvalue weighted by Gasteiger charge is -2.29. The molecule has 2 aliphatic rings. The van der Waals surface area contributed by atoms with Crippen LogP contribution in [0.25, 0.3) is 27.8 Å². The third-order valence-electron chi connectivity index (χ3n) is 6.74. The molecule has 0 bridgehead atoms. The number of benzene rings is 3. The molecule has 2 aliphatic heterocycles. The van der Waals surface area contributed by atoms with E-state index in [1.165, 1.54) is 16.5 Å². The molecule has 4 nitrogen and oxygen atoms in total. The Bertz CT molecular complexity index is 1560. The van der Waals surface area contributed by atoms with Crippen LogP contribution in [0.2, 0.25) is 0 Å². The van der Waals surface area contributed by atoms with Crippen LogP contribution in [-0.2, 0) is 0 Å². The highest BCUT2D eigenvalue weighted by Gasteiger charge is 2.43. The molecule has 34 heavy (non-hydrogen) atoms. The molecular formula is C30H22N4. The van der Waals surface area contributed by atoms with Gasteiger partial charge in [-0.1, -0.05) is 78.9 Å². The van der Waals surface area contributed by atoms with Crippen LogP contribution in [0, 0.1) is 0 Å². The number of hydrogen-bond donors (Lipinski definition) is 0. The summed E-state index contributed by atoms with van der Waals surface area (Å²) in [6.45, 7) is 0. The van der Waals surface area contributed by atoms with Gasteiger partial charge >= 0.3 is 0 Å².